The summed E-state index contributed by atoms with van der Waals surface area (Å²) in [6.45, 7) is 9.34. The van der Waals surface area contributed by atoms with Crippen LogP contribution in [0.25, 0.3) is 0 Å². The summed E-state index contributed by atoms with van der Waals surface area (Å²) in [7, 11) is 0. The Morgan fingerprint density at radius 3 is 2.50 bits per heavy atom. The zero-order chi connectivity index (χ0) is 11.0. The second-order valence-corrected chi connectivity index (χ2v) is 3.85. The normalized spacial score (nSPS) is 12.2. The van der Waals surface area contributed by atoms with E-state index >= 15 is 0 Å². The van der Waals surface area contributed by atoms with Gasteiger partial charge in [0.05, 0.1) is 6.10 Å². The zero-order valence-corrected chi connectivity index (χ0v) is 9.64. The Morgan fingerprint density at radius 2 is 2.00 bits per heavy atom. The maximum absolute atomic E-state index is 11.1. The lowest BCUT2D eigenvalue weighted by atomic mass is 10.1. The Labute approximate surface area is 87.3 Å². The molecule has 0 aliphatic rings. The Balaban J connectivity index is 3.50. The highest BCUT2D eigenvalue weighted by Crippen LogP contribution is 2.09. The van der Waals surface area contributed by atoms with Crippen LogP contribution < -0.4 is 0 Å². The fourth-order valence-electron chi connectivity index (χ4n) is 1.20. The minimum atomic E-state index is -0.270. The molecule has 0 bridgehead atoms. The Kier molecular flexibility index (Phi) is 7.17. The third kappa shape index (κ3) is 6.70. The molecule has 0 fully saturated rings. The van der Waals surface area contributed by atoms with Crippen molar-refractivity contribution in [2.75, 3.05) is 0 Å². The van der Waals surface area contributed by atoms with Crippen molar-refractivity contribution in [1.29, 1.82) is 0 Å². The summed E-state index contributed by atoms with van der Waals surface area (Å²) >= 11 is 0. The van der Waals surface area contributed by atoms with Crippen LogP contribution in [-0.4, -0.2) is 12.1 Å². The van der Waals surface area contributed by atoms with Crippen molar-refractivity contribution in [2.24, 2.45) is 0 Å². The van der Waals surface area contributed by atoms with E-state index < -0.39 is 0 Å². The van der Waals surface area contributed by atoms with E-state index in [0.29, 0.717) is 5.57 Å². The van der Waals surface area contributed by atoms with Gasteiger partial charge < -0.3 is 4.74 Å². The first-order valence-corrected chi connectivity index (χ1v) is 5.44. The molecule has 0 rings (SSSR count). The third-order valence-electron chi connectivity index (χ3n) is 2.12. The number of ether oxygens (including phenoxy) is 1. The molecule has 1 atom stereocenters. The van der Waals surface area contributed by atoms with Gasteiger partial charge in [-0.3, -0.25) is 0 Å². The summed E-state index contributed by atoms with van der Waals surface area (Å²) < 4.78 is 5.15. The van der Waals surface area contributed by atoms with Crippen molar-refractivity contribution in [3.63, 3.8) is 0 Å². The van der Waals surface area contributed by atoms with Crippen molar-refractivity contribution >= 4 is 5.97 Å². The minimum Gasteiger partial charge on any atom is -0.459 e. The third-order valence-corrected chi connectivity index (χ3v) is 2.12. The lowest BCUT2D eigenvalue weighted by molar-refractivity contribution is -0.143. The van der Waals surface area contributed by atoms with Crippen molar-refractivity contribution in [3.8, 4) is 0 Å². The lowest BCUT2D eigenvalue weighted by Crippen LogP contribution is -2.15. The molecule has 0 unspecified atom stereocenters. The average Bonchev–Trinajstić information content (AvgIpc) is 2.12. The van der Waals surface area contributed by atoms with E-state index in [-0.39, 0.29) is 12.1 Å². The van der Waals surface area contributed by atoms with Crippen LogP contribution in [0.15, 0.2) is 12.2 Å². The van der Waals surface area contributed by atoms with Gasteiger partial charge in [-0.2, -0.15) is 0 Å². The predicted molar refractivity (Wildman–Crippen MR) is 59.1 cm³/mol. The summed E-state index contributed by atoms with van der Waals surface area (Å²) in [5, 5.41) is 0. The maximum atomic E-state index is 11.1. The number of carbonyl (C=O) groups excluding carboxylic acids is 1. The first-order chi connectivity index (χ1) is 6.57. The molecule has 0 N–H and O–H groups in total. The van der Waals surface area contributed by atoms with Crippen LogP contribution in [0.3, 0.4) is 0 Å². The molecule has 0 saturated heterocycles. The lowest BCUT2D eigenvalue weighted by Gasteiger charge is -2.12. The van der Waals surface area contributed by atoms with E-state index in [1.165, 1.54) is 19.3 Å². The van der Waals surface area contributed by atoms with Gasteiger partial charge in [0.25, 0.3) is 0 Å². The molecular weight excluding hydrogens is 176 g/mol. The van der Waals surface area contributed by atoms with Crippen molar-refractivity contribution < 1.29 is 9.53 Å². The molecule has 2 heteroatoms. The molecule has 0 saturated carbocycles. The molecule has 0 heterocycles. The molecule has 0 aromatic rings. The molecule has 0 spiro atoms. The molecule has 2 nitrogen and oxygen atoms in total. The highest BCUT2D eigenvalue weighted by molar-refractivity contribution is 5.87. The molecule has 0 aromatic carbocycles. The van der Waals surface area contributed by atoms with Crippen molar-refractivity contribution in [1.82, 2.24) is 0 Å². The number of carbonyl (C=O) groups is 1. The van der Waals surface area contributed by atoms with E-state index in [1.807, 2.05) is 6.92 Å². The Hall–Kier alpha value is -0.790. The highest BCUT2D eigenvalue weighted by Gasteiger charge is 2.08. The van der Waals surface area contributed by atoms with Crippen LogP contribution in [-0.2, 0) is 9.53 Å². The van der Waals surface area contributed by atoms with Gasteiger partial charge in [0.1, 0.15) is 0 Å². The van der Waals surface area contributed by atoms with Gasteiger partial charge in [-0.05, 0) is 26.7 Å². The second kappa shape index (κ2) is 7.60. The maximum Gasteiger partial charge on any atom is 0.333 e. The summed E-state index contributed by atoms with van der Waals surface area (Å²) in [5.74, 6) is -0.270. The number of hydrogen-bond donors (Lipinski definition) is 0. The molecule has 14 heavy (non-hydrogen) atoms. The molecular formula is C12H22O2. The van der Waals surface area contributed by atoms with Gasteiger partial charge in [0, 0.05) is 5.57 Å². The molecule has 0 amide bonds. The van der Waals surface area contributed by atoms with Crippen LogP contribution in [0.4, 0.5) is 0 Å². The standard InChI is InChI=1S/C12H22O2/c1-5-6-7-8-9-11(4)14-12(13)10(2)3/h11H,2,5-9H2,1,3-4H3/t11-/m1/s1. The average molecular weight is 198 g/mol. The van der Waals surface area contributed by atoms with Crippen LogP contribution in [0.2, 0.25) is 0 Å². The smallest absolute Gasteiger partial charge is 0.333 e. The largest absolute Gasteiger partial charge is 0.459 e. The van der Waals surface area contributed by atoms with E-state index in [4.69, 9.17) is 4.74 Å². The van der Waals surface area contributed by atoms with Crippen LogP contribution >= 0.6 is 0 Å². The van der Waals surface area contributed by atoms with Gasteiger partial charge in [-0.25, -0.2) is 4.79 Å². The summed E-state index contributed by atoms with van der Waals surface area (Å²) in [4.78, 5) is 11.1. The molecule has 0 aliphatic heterocycles. The van der Waals surface area contributed by atoms with Crippen LogP contribution in [0, 0.1) is 0 Å². The monoisotopic (exact) mass is 198 g/mol. The van der Waals surface area contributed by atoms with E-state index in [0.717, 1.165) is 12.8 Å². The first-order valence-electron chi connectivity index (χ1n) is 5.44. The molecule has 82 valence electrons. The number of hydrogen-bond acceptors (Lipinski definition) is 2. The van der Waals surface area contributed by atoms with Crippen LogP contribution in [0.5, 0.6) is 0 Å². The van der Waals surface area contributed by atoms with Gasteiger partial charge in [-0.1, -0.05) is 32.8 Å². The fraction of sp³-hybridized carbons (Fsp3) is 0.750. The topological polar surface area (TPSA) is 26.3 Å². The number of esters is 1. The van der Waals surface area contributed by atoms with E-state index in [9.17, 15) is 4.79 Å². The Morgan fingerprint density at radius 1 is 1.36 bits per heavy atom. The van der Waals surface area contributed by atoms with Gasteiger partial charge in [0.15, 0.2) is 0 Å². The van der Waals surface area contributed by atoms with Crippen molar-refractivity contribution in [2.45, 2.75) is 59.0 Å². The number of rotatable bonds is 7. The highest BCUT2D eigenvalue weighted by atomic mass is 16.5. The molecule has 0 radical (unpaired) electrons. The van der Waals surface area contributed by atoms with E-state index in [1.54, 1.807) is 6.92 Å². The SMILES string of the molecule is C=C(C)C(=O)O[C@H](C)CCCCCC. The van der Waals surface area contributed by atoms with Crippen molar-refractivity contribution in [3.05, 3.63) is 12.2 Å². The first kappa shape index (κ1) is 13.2. The predicted octanol–water partition coefficient (Wildman–Crippen LogP) is 3.46. The van der Waals surface area contributed by atoms with Gasteiger partial charge in [0.2, 0.25) is 0 Å². The minimum absolute atomic E-state index is 0.0241. The van der Waals surface area contributed by atoms with Gasteiger partial charge in [-0.15, -0.1) is 0 Å². The molecule has 0 aliphatic carbocycles. The van der Waals surface area contributed by atoms with E-state index in [2.05, 4.69) is 13.5 Å². The Bertz CT molecular complexity index is 185. The summed E-state index contributed by atoms with van der Waals surface area (Å²) in [6, 6.07) is 0. The zero-order valence-electron chi connectivity index (χ0n) is 9.64. The summed E-state index contributed by atoms with van der Waals surface area (Å²) in [6.07, 6.45) is 5.85. The summed E-state index contributed by atoms with van der Waals surface area (Å²) in [5.41, 5.74) is 0.477. The second-order valence-electron chi connectivity index (χ2n) is 3.85. The van der Waals surface area contributed by atoms with Gasteiger partial charge >= 0.3 is 5.97 Å². The van der Waals surface area contributed by atoms with Crippen LogP contribution in [0.1, 0.15) is 52.9 Å². The number of unbranched alkanes of at least 4 members (excludes halogenated alkanes) is 3. The fourth-order valence-corrected chi connectivity index (χ4v) is 1.20. The quantitative estimate of drug-likeness (QED) is 0.356. The molecule has 0 aromatic heterocycles.